The summed E-state index contributed by atoms with van der Waals surface area (Å²) in [5.74, 6) is 0.388. The first-order valence-corrected chi connectivity index (χ1v) is 11.8. The third kappa shape index (κ3) is 4.98. The number of alkyl halides is 3. The van der Waals surface area contributed by atoms with Gasteiger partial charge in [-0.2, -0.15) is 8.78 Å². The molecule has 11 heteroatoms. The third-order valence-electron chi connectivity index (χ3n) is 6.48. The molecule has 2 unspecified atom stereocenters. The summed E-state index contributed by atoms with van der Waals surface area (Å²) in [4.78, 5) is 22.7. The van der Waals surface area contributed by atoms with E-state index in [1.54, 1.807) is 26.0 Å². The number of halogens is 3. The Balaban J connectivity index is 1.90. The standard InChI is InChI=1S/C23H29F3N5O2P/c1-4-28-20-18(19(23(25,26)34)33-21(32)30-20)13(2)16-11-15(22(3,24)14-5-6-14)12-17(29-16)31-9-7-27-8-10-31/h4,11-12,14,19,27H,1,5-10,34H2,2-3H3,(H,28,30,32)/b18-13+/t19-,22?/m1/s1. The predicted octanol–water partition coefficient (Wildman–Crippen LogP) is 3.98. The van der Waals surface area contributed by atoms with Crippen LogP contribution in [0.1, 0.15) is 37.9 Å². The van der Waals surface area contributed by atoms with Crippen molar-refractivity contribution in [3.8, 4) is 0 Å². The van der Waals surface area contributed by atoms with Gasteiger partial charge in [0.25, 0.3) is 5.66 Å². The van der Waals surface area contributed by atoms with E-state index < -0.39 is 23.5 Å². The first-order chi connectivity index (χ1) is 16.0. The van der Waals surface area contributed by atoms with Gasteiger partial charge in [-0.25, -0.2) is 19.2 Å². The molecule has 3 atom stereocenters. The van der Waals surface area contributed by atoms with E-state index in [0.717, 1.165) is 32.1 Å². The molecule has 0 aromatic carbocycles. The predicted molar refractivity (Wildman–Crippen MR) is 129 cm³/mol. The number of amides is 1. The molecule has 0 bridgehead atoms. The molecule has 1 amide bonds. The van der Waals surface area contributed by atoms with Crippen LogP contribution in [0.4, 0.5) is 23.8 Å². The number of carbonyl (C=O) groups excluding carboxylic acids is 1. The quantitative estimate of drug-likeness (QED) is 0.584. The molecule has 1 aromatic rings. The third-order valence-corrected chi connectivity index (χ3v) is 6.78. The number of allylic oxidation sites excluding steroid dienone is 1. The number of alkyl carbamates (subject to hydrolysis) is 1. The van der Waals surface area contributed by atoms with Crippen molar-refractivity contribution in [3.05, 3.63) is 41.7 Å². The van der Waals surface area contributed by atoms with E-state index >= 15 is 4.39 Å². The summed E-state index contributed by atoms with van der Waals surface area (Å²) < 4.78 is 49.8. The Morgan fingerprint density at radius 3 is 2.59 bits per heavy atom. The zero-order valence-corrected chi connectivity index (χ0v) is 20.4. The fourth-order valence-corrected chi connectivity index (χ4v) is 4.60. The lowest BCUT2D eigenvalue weighted by molar-refractivity contribution is -0.0245. The number of piperazine rings is 1. The molecule has 3 fully saturated rings. The average molecular weight is 495 g/mol. The Morgan fingerprint density at radius 2 is 2.00 bits per heavy atom. The lowest BCUT2D eigenvalue weighted by atomic mass is 9.90. The number of ether oxygens (including phenoxy) is 1. The van der Waals surface area contributed by atoms with Crippen LogP contribution in [0, 0.1) is 5.92 Å². The van der Waals surface area contributed by atoms with Gasteiger partial charge in [-0.15, -0.1) is 0 Å². The van der Waals surface area contributed by atoms with E-state index in [9.17, 15) is 13.6 Å². The average Bonchev–Trinajstić information content (AvgIpc) is 3.64. The highest BCUT2D eigenvalue weighted by Gasteiger charge is 2.47. The van der Waals surface area contributed by atoms with Gasteiger partial charge in [0, 0.05) is 38.0 Å². The number of aromatic nitrogens is 1. The maximum Gasteiger partial charge on any atom is 0.413 e. The number of hydrogen-bond donors (Lipinski definition) is 2. The van der Waals surface area contributed by atoms with E-state index in [1.807, 2.05) is 4.90 Å². The number of nitrogens with one attached hydrogen (secondary N) is 2. The zero-order valence-electron chi connectivity index (χ0n) is 19.2. The minimum atomic E-state index is -3.47. The summed E-state index contributed by atoms with van der Waals surface area (Å²) in [6, 6.07) is 3.36. The van der Waals surface area contributed by atoms with Gasteiger partial charge in [0.1, 0.15) is 17.3 Å². The van der Waals surface area contributed by atoms with Crippen LogP contribution in [0.5, 0.6) is 0 Å². The van der Waals surface area contributed by atoms with Crippen LogP contribution in [0.2, 0.25) is 0 Å². The number of anilines is 1. The Hall–Kier alpha value is -2.45. The number of aliphatic imine (C=N–C) groups is 1. The maximum absolute atomic E-state index is 15.8. The normalized spacial score (nSPS) is 25.9. The molecule has 2 aliphatic heterocycles. The van der Waals surface area contributed by atoms with Crippen molar-refractivity contribution < 1.29 is 22.7 Å². The van der Waals surface area contributed by atoms with Gasteiger partial charge in [0.2, 0.25) is 0 Å². The van der Waals surface area contributed by atoms with Crippen LogP contribution in [0.15, 0.2) is 35.5 Å². The van der Waals surface area contributed by atoms with Crippen LogP contribution in [0.3, 0.4) is 0 Å². The summed E-state index contributed by atoms with van der Waals surface area (Å²) in [6.07, 6.45) is -0.222. The van der Waals surface area contributed by atoms with Crippen molar-refractivity contribution in [2.75, 3.05) is 31.1 Å². The number of amidine groups is 1. The number of rotatable bonds is 6. The van der Waals surface area contributed by atoms with Crippen LogP contribution in [-0.4, -0.2) is 54.9 Å². The van der Waals surface area contributed by atoms with Crippen molar-refractivity contribution in [1.82, 2.24) is 15.6 Å². The van der Waals surface area contributed by atoms with Crippen molar-refractivity contribution in [3.63, 3.8) is 0 Å². The Labute approximate surface area is 199 Å². The maximum atomic E-state index is 15.8. The van der Waals surface area contributed by atoms with E-state index in [0.29, 0.717) is 35.7 Å². The van der Waals surface area contributed by atoms with Gasteiger partial charge < -0.3 is 15.0 Å². The van der Waals surface area contributed by atoms with E-state index in [1.165, 1.54) is 9.24 Å². The monoisotopic (exact) mass is 495 g/mol. The molecular weight excluding hydrogens is 466 g/mol. The van der Waals surface area contributed by atoms with E-state index in [-0.39, 0.29) is 17.3 Å². The first kappa shape index (κ1) is 24.7. The highest BCUT2D eigenvalue weighted by Crippen LogP contribution is 2.49. The molecule has 0 spiro atoms. The summed E-state index contributed by atoms with van der Waals surface area (Å²) in [5, 5.41) is 5.64. The lowest BCUT2D eigenvalue weighted by Crippen LogP contribution is -2.50. The molecule has 4 rings (SSSR count). The van der Waals surface area contributed by atoms with E-state index in [4.69, 9.17) is 9.72 Å². The van der Waals surface area contributed by atoms with Crippen LogP contribution < -0.4 is 15.5 Å². The molecule has 1 aromatic heterocycles. The molecule has 2 N–H and O–H groups in total. The Kier molecular flexibility index (Phi) is 6.75. The fraction of sp³-hybridized carbons (Fsp3) is 0.522. The van der Waals surface area contributed by atoms with Gasteiger partial charge in [-0.3, -0.25) is 5.32 Å². The largest absolute Gasteiger partial charge is 0.434 e. The highest BCUT2D eigenvalue weighted by molar-refractivity contribution is 7.18. The Morgan fingerprint density at radius 1 is 1.32 bits per heavy atom. The van der Waals surface area contributed by atoms with Gasteiger partial charge in [-0.05, 0) is 55.9 Å². The number of carbonyl (C=O) groups is 1. The molecule has 34 heavy (non-hydrogen) atoms. The highest BCUT2D eigenvalue weighted by atomic mass is 31.0. The summed E-state index contributed by atoms with van der Waals surface area (Å²) in [7, 11) is 1.41. The molecule has 1 saturated carbocycles. The van der Waals surface area contributed by atoms with Gasteiger partial charge in [-0.1, -0.05) is 15.8 Å². The van der Waals surface area contributed by atoms with Crippen molar-refractivity contribution in [1.29, 1.82) is 0 Å². The topological polar surface area (TPSA) is 78.8 Å². The van der Waals surface area contributed by atoms with Gasteiger partial charge in [0.05, 0.1) is 5.69 Å². The van der Waals surface area contributed by atoms with Gasteiger partial charge in [0.15, 0.2) is 6.10 Å². The van der Waals surface area contributed by atoms with Gasteiger partial charge >= 0.3 is 6.09 Å². The van der Waals surface area contributed by atoms with Crippen molar-refractivity contribution in [2.24, 2.45) is 10.9 Å². The zero-order chi connectivity index (χ0) is 24.7. The molecule has 184 valence electrons. The second kappa shape index (κ2) is 9.30. The number of cyclic esters (lactones) is 1. The summed E-state index contributed by atoms with van der Waals surface area (Å²) in [5.41, 5.74) is -4.02. The number of nitrogens with zero attached hydrogens (tertiary/aromatic N) is 3. The lowest BCUT2D eigenvalue weighted by Gasteiger charge is -2.33. The molecule has 7 nitrogen and oxygen atoms in total. The van der Waals surface area contributed by atoms with Crippen molar-refractivity contribution in [2.45, 2.75) is 44.1 Å². The number of pyridine rings is 1. The van der Waals surface area contributed by atoms with E-state index in [2.05, 4.69) is 22.2 Å². The minimum Gasteiger partial charge on any atom is -0.434 e. The number of hydrogen-bond acceptors (Lipinski definition) is 6. The molecule has 2 saturated heterocycles. The van der Waals surface area contributed by atoms with Crippen LogP contribution in [-0.2, 0) is 10.4 Å². The smallest absolute Gasteiger partial charge is 0.413 e. The summed E-state index contributed by atoms with van der Waals surface area (Å²) >= 11 is 0. The van der Waals surface area contributed by atoms with Crippen molar-refractivity contribution >= 4 is 32.6 Å². The molecule has 3 aliphatic rings. The molecule has 3 heterocycles. The fourth-order valence-electron chi connectivity index (χ4n) is 4.37. The second-order valence-corrected chi connectivity index (χ2v) is 9.74. The Bertz CT molecular complexity index is 1040. The minimum absolute atomic E-state index is 0.0395. The first-order valence-electron chi connectivity index (χ1n) is 11.2. The second-order valence-electron chi connectivity index (χ2n) is 8.97. The summed E-state index contributed by atoms with van der Waals surface area (Å²) in [6.45, 7) is 9.55. The molecular formula is C23H29F3N5O2P. The van der Waals surface area contributed by atoms with Crippen LogP contribution >= 0.6 is 9.24 Å². The van der Waals surface area contributed by atoms with Crippen LogP contribution in [0.25, 0.3) is 5.57 Å². The molecule has 0 radical (unpaired) electrons. The SMILES string of the molecule is C=CN=C1NC(=O)O[C@@H](C(F)(F)P)/C1=C(/C)c1cc(C(C)(F)C2CC2)cc(N2CCNCC2)n1. The molecule has 1 aliphatic carbocycles.